The van der Waals surface area contributed by atoms with Gasteiger partial charge in [-0.1, -0.05) is 12.1 Å². The summed E-state index contributed by atoms with van der Waals surface area (Å²) in [7, 11) is 1.67. The van der Waals surface area contributed by atoms with Crippen molar-refractivity contribution < 1.29 is 9.84 Å². The molecule has 0 saturated carbocycles. The van der Waals surface area contributed by atoms with Gasteiger partial charge in [0.2, 0.25) is 0 Å². The van der Waals surface area contributed by atoms with Gasteiger partial charge >= 0.3 is 0 Å². The number of anilines is 1. The number of nitrogens with one attached hydrogen (secondary N) is 1. The van der Waals surface area contributed by atoms with Crippen LogP contribution in [0.15, 0.2) is 24.3 Å². The molecule has 0 aliphatic heterocycles. The fourth-order valence-corrected chi connectivity index (χ4v) is 1.28. The van der Waals surface area contributed by atoms with Gasteiger partial charge in [-0.3, -0.25) is 0 Å². The third kappa shape index (κ3) is 4.51. The zero-order chi connectivity index (χ0) is 11.1. The molecule has 0 radical (unpaired) electrons. The van der Waals surface area contributed by atoms with E-state index in [0.29, 0.717) is 13.2 Å². The topological polar surface area (TPSA) is 41.5 Å². The molecule has 0 bridgehead atoms. The van der Waals surface area contributed by atoms with Crippen molar-refractivity contribution in [3.05, 3.63) is 29.8 Å². The third-order valence-electron chi connectivity index (χ3n) is 1.98. The largest absolute Gasteiger partial charge is 0.390 e. The Labute approximate surface area is 95.0 Å². The van der Waals surface area contributed by atoms with Crippen molar-refractivity contribution in [1.82, 2.24) is 0 Å². The summed E-state index contributed by atoms with van der Waals surface area (Å²) in [6.45, 7) is 1.08. The molecule has 0 amide bonds. The van der Waals surface area contributed by atoms with Crippen molar-refractivity contribution in [2.45, 2.75) is 12.7 Å². The molecule has 84 valence electrons. The van der Waals surface area contributed by atoms with Crippen LogP contribution in [-0.2, 0) is 11.3 Å². The van der Waals surface area contributed by atoms with E-state index in [1.807, 2.05) is 24.3 Å². The predicted molar refractivity (Wildman–Crippen MR) is 62.4 cm³/mol. The lowest BCUT2D eigenvalue weighted by Crippen LogP contribution is -2.20. The van der Waals surface area contributed by atoms with Crippen LogP contribution in [0.4, 0.5) is 5.69 Å². The number of benzene rings is 1. The highest BCUT2D eigenvalue weighted by atomic mass is 35.5. The van der Waals surface area contributed by atoms with Crippen LogP contribution in [0.3, 0.4) is 0 Å². The number of hydrogen-bond acceptors (Lipinski definition) is 3. The standard InChI is InChI=1S/C11H16ClNO2/c1-15-8-9-2-4-10(5-3-9)13-7-11(14)6-12/h2-5,11,13-14H,6-8H2,1H3/t11-/m1/s1. The summed E-state index contributed by atoms with van der Waals surface area (Å²) in [5, 5.41) is 12.3. The summed E-state index contributed by atoms with van der Waals surface area (Å²) in [6, 6.07) is 7.88. The van der Waals surface area contributed by atoms with E-state index in [4.69, 9.17) is 16.3 Å². The molecule has 0 aliphatic carbocycles. The molecule has 3 nitrogen and oxygen atoms in total. The molecule has 15 heavy (non-hydrogen) atoms. The molecular weight excluding hydrogens is 214 g/mol. The van der Waals surface area contributed by atoms with Gasteiger partial charge in [-0.2, -0.15) is 0 Å². The van der Waals surface area contributed by atoms with E-state index in [2.05, 4.69) is 5.32 Å². The Balaban J connectivity index is 2.42. The van der Waals surface area contributed by atoms with Crippen molar-refractivity contribution in [1.29, 1.82) is 0 Å². The second-order valence-electron chi connectivity index (χ2n) is 3.32. The number of alkyl halides is 1. The van der Waals surface area contributed by atoms with Crippen LogP contribution in [0.1, 0.15) is 5.56 Å². The molecule has 0 spiro atoms. The zero-order valence-corrected chi connectivity index (χ0v) is 9.50. The van der Waals surface area contributed by atoms with E-state index >= 15 is 0 Å². The van der Waals surface area contributed by atoms with Crippen LogP contribution in [0.5, 0.6) is 0 Å². The van der Waals surface area contributed by atoms with Gasteiger partial charge in [-0.25, -0.2) is 0 Å². The third-order valence-corrected chi connectivity index (χ3v) is 2.34. The van der Waals surface area contributed by atoms with Gasteiger partial charge in [-0.15, -0.1) is 11.6 Å². The van der Waals surface area contributed by atoms with Crippen molar-refractivity contribution >= 4 is 17.3 Å². The summed E-state index contributed by atoms with van der Waals surface area (Å²) in [5.41, 5.74) is 2.10. The summed E-state index contributed by atoms with van der Waals surface area (Å²) in [5.74, 6) is 0.245. The Hall–Kier alpha value is -0.770. The first kappa shape index (κ1) is 12.3. The molecule has 0 unspecified atom stereocenters. The van der Waals surface area contributed by atoms with Gasteiger partial charge in [-0.05, 0) is 17.7 Å². The Bertz CT molecular complexity index is 276. The van der Waals surface area contributed by atoms with E-state index < -0.39 is 6.10 Å². The Kier molecular flexibility index (Phi) is 5.47. The van der Waals surface area contributed by atoms with E-state index in [-0.39, 0.29) is 5.88 Å². The molecule has 0 saturated heterocycles. The normalized spacial score (nSPS) is 12.5. The maximum absolute atomic E-state index is 9.24. The summed E-state index contributed by atoms with van der Waals surface area (Å²) >= 11 is 5.48. The summed E-state index contributed by atoms with van der Waals surface area (Å²) in [4.78, 5) is 0. The van der Waals surface area contributed by atoms with Gasteiger partial charge in [0.05, 0.1) is 18.6 Å². The number of ether oxygens (including phenoxy) is 1. The first-order valence-corrected chi connectivity index (χ1v) is 5.35. The van der Waals surface area contributed by atoms with Crippen molar-refractivity contribution in [3.8, 4) is 0 Å². The van der Waals surface area contributed by atoms with E-state index in [9.17, 15) is 5.11 Å². The summed E-state index contributed by atoms with van der Waals surface area (Å²) in [6.07, 6.45) is -0.509. The quantitative estimate of drug-likeness (QED) is 0.732. The molecule has 0 aliphatic rings. The number of hydrogen-bond donors (Lipinski definition) is 2. The molecule has 4 heteroatoms. The molecular formula is C11H16ClNO2. The number of rotatable bonds is 6. The average molecular weight is 230 g/mol. The Morgan fingerprint density at radius 2 is 2.07 bits per heavy atom. The van der Waals surface area contributed by atoms with Crippen LogP contribution in [-0.4, -0.2) is 30.7 Å². The highest BCUT2D eigenvalue weighted by Crippen LogP contribution is 2.10. The molecule has 0 fully saturated rings. The molecule has 1 atom stereocenters. The number of methoxy groups -OCH3 is 1. The summed E-state index contributed by atoms with van der Waals surface area (Å²) < 4.78 is 5.01. The lowest BCUT2D eigenvalue weighted by atomic mass is 10.2. The lowest BCUT2D eigenvalue weighted by molar-refractivity contribution is 0.185. The maximum atomic E-state index is 9.24. The molecule has 1 rings (SSSR count). The monoisotopic (exact) mass is 229 g/mol. The van der Waals surface area contributed by atoms with Crippen LogP contribution in [0, 0.1) is 0 Å². The second kappa shape index (κ2) is 6.67. The fraction of sp³-hybridized carbons (Fsp3) is 0.455. The van der Waals surface area contributed by atoms with E-state index in [0.717, 1.165) is 11.3 Å². The number of halogens is 1. The van der Waals surface area contributed by atoms with Gasteiger partial charge in [0.15, 0.2) is 0 Å². The smallest absolute Gasteiger partial charge is 0.0847 e. The minimum Gasteiger partial charge on any atom is -0.390 e. The highest BCUT2D eigenvalue weighted by Gasteiger charge is 2.00. The van der Waals surface area contributed by atoms with Gasteiger partial charge in [0, 0.05) is 19.3 Å². The fourth-order valence-electron chi connectivity index (χ4n) is 1.18. The van der Waals surface area contributed by atoms with Crippen molar-refractivity contribution in [2.24, 2.45) is 0 Å². The zero-order valence-electron chi connectivity index (χ0n) is 8.74. The first-order valence-electron chi connectivity index (χ1n) is 4.82. The highest BCUT2D eigenvalue weighted by molar-refractivity contribution is 6.18. The van der Waals surface area contributed by atoms with Crippen LogP contribution in [0.25, 0.3) is 0 Å². The van der Waals surface area contributed by atoms with Gasteiger partial charge < -0.3 is 15.2 Å². The lowest BCUT2D eigenvalue weighted by Gasteiger charge is -2.10. The molecule has 1 aromatic carbocycles. The minimum atomic E-state index is -0.509. The van der Waals surface area contributed by atoms with E-state index in [1.54, 1.807) is 7.11 Å². The second-order valence-corrected chi connectivity index (χ2v) is 3.63. The number of aliphatic hydroxyl groups excluding tert-OH is 1. The van der Waals surface area contributed by atoms with Gasteiger partial charge in [0.1, 0.15) is 0 Å². The SMILES string of the molecule is COCc1ccc(NC[C@H](O)CCl)cc1. The first-order chi connectivity index (χ1) is 7.26. The minimum absolute atomic E-state index is 0.245. The Morgan fingerprint density at radius 1 is 1.40 bits per heavy atom. The van der Waals surface area contributed by atoms with Crippen molar-refractivity contribution in [2.75, 3.05) is 24.9 Å². The predicted octanol–water partition coefficient (Wildman–Crippen LogP) is 1.84. The maximum Gasteiger partial charge on any atom is 0.0847 e. The molecule has 2 N–H and O–H groups in total. The van der Waals surface area contributed by atoms with Crippen LogP contribution < -0.4 is 5.32 Å². The average Bonchev–Trinajstić information content (AvgIpc) is 2.28. The van der Waals surface area contributed by atoms with Crippen LogP contribution >= 0.6 is 11.6 Å². The molecule has 1 aromatic rings. The molecule has 0 aromatic heterocycles. The van der Waals surface area contributed by atoms with Crippen molar-refractivity contribution in [3.63, 3.8) is 0 Å². The molecule has 0 heterocycles. The number of aliphatic hydroxyl groups is 1. The van der Waals surface area contributed by atoms with Gasteiger partial charge in [0.25, 0.3) is 0 Å². The Morgan fingerprint density at radius 3 is 2.60 bits per heavy atom. The van der Waals surface area contributed by atoms with Crippen LogP contribution in [0.2, 0.25) is 0 Å². The van der Waals surface area contributed by atoms with E-state index in [1.165, 1.54) is 0 Å².